The van der Waals surface area contributed by atoms with Crippen molar-refractivity contribution in [1.29, 1.82) is 0 Å². The molecule has 0 fully saturated rings. The van der Waals surface area contributed by atoms with Gasteiger partial charge in [-0.2, -0.15) is 5.10 Å². The Morgan fingerprint density at radius 3 is 2.56 bits per heavy atom. The summed E-state index contributed by atoms with van der Waals surface area (Å²) in [6.45, 7) is 7.79. The molecule has 3 aliphatic heterocycles. The molecule has 9 rings (SSSR count). The summed E-state index contributed by atoms with van der Waals surface area (Å²) in [4.78, 5) is 72.6. The third-order valence-corrected chi connectivity index (χ3v) is 12.9. The topological polar surface area (TPSA) is 243 Å². The van der Waals surface area contributed by atoms with E-state index < -0.39 is 29.4 Å². The number of hydrogen-bond donors (Lipinski definition) is 6. The highest BCUT2D eigenvalue weighted by Gasteiger charge is 2.46. The molecule has 2 unspecified atom stereocenters. The molecule has 6 heterocycles. The molecule has 0 spiro atoms. The minimum Gasteiger partial charge on any atom is -0.508 e. The quantitative estimate of drug-likeness (QED) is 0.0855. The van der Waals surface area contributed by atoms with Gasteiger partial charge < -0.3 is 44.9 Å². The van der Waals surface area contributed by atoms with E-state index in [4.69, 9.17) is 14.5 Å². The van der Waals surface area contributed by atoms with Gasteiger partial charge in [0.15, 0.2) is 11.4 Å². The summed E-state index contributed by atoms with van der Waals surface area (Å²) < 4.78 is 13.9. The van der Waals surface area contributed by atoms with Gasteiger partial charge in [0.1, 0.15) is 29.9 Å². The molecule has 332 valence electrons. The number of aromatic hydroxyl groups is 2. The monoisotopic (exact) mass is 872 g/mol. The molecule has 2 atom stereocenters. The molecule has 1 aliphatic carbocycles. The minimum absolute atomic E-state index is 0.0524. The summed E-state index contributed by atoms with van der Waals surface area (Å²) in [5, 5.41) is 44.6. The number of aromatic amines is 1. The number of aromatic nitrogens is 5. The number of rotatable bonds is 10. The molecule has 5 aromatic rings. The molecule has 18 nitrogen and oxygen atoms in total. The molecule has 4 aliphatic rings. The van der Waals surface area contributed by atoms with Gasteiger partial charge in [-0.25, -0.2) is 24.0 Å². The summed E-state index contributed by atoms with van der Waals surface area (Å²) in [5.41, 5.74) is 5.49. The van der Waals surface area contributed by atoms with E-state index in [2.05, 4.69) is 20.8 Å². The van der Waals surface area contributed by atoms with Crippen LogP contribution in [0, 0.1) is 0 Å². The van der Waals surface area contributed by atoms with Crippen LogP contribution in [0.3, 0.4) is 0 Å². The zero-order chi connectivity index (χ0) is 45.4. The van der Waals surface area contributed by atoms with Gasteiger partial charge in [0.05, 0.1) is 34.7 Å². The van der Waals surface area contributed by atoms with E-state index in [1.807, 2.05) is 44.9 Å². The summed E-state index contributed by atoms with van der Waals surface area (Å²) in [6, 6.07) is 9.36. The van der Waals surface area contributed by atoms with Crippen molar-refractivity contribution in [3.8, 4) is 40.0 Å². The number of pyridine rings is 2. The number of nitrogens with zero attached hydrogens (tertiary/aromatic N) is 5. The average Bonchev–Trinajstić information content (AvgIpc) is 3.95. The first-order valence-electron chi connectivity index (χ1n) is 21.4. The lowest BCUT2D eigenvalue weighted by Crippen LogP contribution is -2.45. The van der Waals surface area contributed by atoms with Gasteiger partial charge in [0.2, 0.25) is 5.91 Å². The maximum atomic E-state index is 13.7. The number of aliphatic hydroxyl groups is 1. The highest BCUT2D eigenvalue weighted by atomic mass is 16.6. The van der Waals surface area contributed by atoms with Gasteiger partial charge in [0.25, 0.3) is 5.56 Å². The van der Waals surface area contributed by atoms with Crippen molar-refractivity contribution >= 4 is 23.7 Å². The maximum absolute atomic E-state index is 13.7. The number of cyclic esters (lactones) is 1. The zero-order valence-corrected chi connectivity index (χ0v) is 36.0. The number of phenolic OH excluding ortho intramolecular Hbond substituents is 2. The Bertz CT molecular complexity index is 2960. The number of hydrogen-bond acceptors (Lipinski definition) is 13. The van der Waals surface area contributed by atoms with Gasteiger partial charge >= 0.3 is 17.8 Å². The fourth-order valence-corrected chi connectivity index (χ4v) is 9.48. The number of carbonyl (C=O) groups excluding carboxylic acids is 3. The largest absolute Gasteiger partial charge is 0.508 e. The van der Waals surface area contributed by atoms with Crippen LogP contribution in [0.1, 0.15) is 84.7 Å². The van der Waals surface area contributed by atoms with E-state index in [0.29, 0.717) is 54.1 Å². The normalized spacial score (nSPS) is 18.1. The number of carbonyl (C=O) groups is 3. The molecule has 0 saturated carbocycles. The summed E-state index contributed by atoms with van der Waals surface area (Å²) in [6.07, 6.45) is 2.86. The van der Waals surface area contributed by atoms with Crippen molar-refractivity contribution in [2.75, 3.05) is 25.0 Å². The Kier molecular flexibility index (Phi) is 10.4. The van der Waals surface area contributed by atoms with Crippen LogP contribution in [0.5, 0.6) is 11.5 Å². The Hall–Kier alpha value is -7.21. The smallest absolute Gasteiger partial charge is 0.412 e. The lowest BCUT2D eigenvalue weighted by Gasteiger charge is -2.31. The number of fused-ring (bicyclic) bond motifs is 6. The number of alkyl carbamates (subject to hydrolysis) is 1. The van der Waals surface area contributed by atoms with Crippen LogP contribution < -0.4 is 26.8 Å². The van der Waals surface area contributed by atoms with Crippen LogP contribution >= 0.6 is 0 Å². The first kappa shape index (κ1) is 42.1. The Morgan fingerprint density at radius 1 is 1.03 bits per heavy atom. The van der Waals surface area contributed by atoms with E-state index in [0.717, 1.165) is 33.6 Å². The van der Waals surface area contributed by atoms with Crippen LogP contribution in [0.25, 0.3) is 28.5 Å². The molecule has 0 bridgehead atoms. The number of anilines is 1. The standard InChI is InChI=1S/C46H48N8O10/c1-6-26-28-16-25(9-10-33(28)49-39-30(26)20-53-35(39)18-32-31(42(53)58)21-63-43(59)46(32,62)7-2)64-45(61)48-13-12-47-41(57)36-15-23-14-24(8-11-34(23)52(36)5)54-40(50-51-44(54)60)29-17-27(22(3)4)37(55)19-38(29)56/h8-9,11,14,17-19,22,36,55-56,62H,6-7,10,12-13,15-16,20-21H2,1-5H3,(H,47,57)(H,48,61)(H,51,60). The number of H-pyrrole nitrogens is 1. The Morgan fingerprint density at radius 2 is 1.81 bits per heavy atom. The Labute approximate surface area is 366 Å². The molecule has 3 aromatic heterocycles. The lowest BCUT2D eigenvalue weighted by molar-refractivity contribution is -0.172. The number of amides is 2. The molecule has 0 saturated heterocycles. The number of benzene rings is 2. The molecule has 18 heteroatoms. The summed E-state index contributed by atoms with van der Waals surface area (Å²) >= 11 is 0. The van der Waals surface area contributed by atoms with Crippen LogP contribution in [0.4, 0.5) is 10.5 Å². The predicted octanol–water partition coefficient (Wildman–Crippen LogP) is 3.45. The highest BCUT2D eigenvalue weighted by Crippen LogP contribution is 2.42. The fourth-order valence-electron chi connectivity index (χ4n) is 9.48. The molecule has 64 heavy (non-hydrogen) atoms. The molecule has 0 radical (unpaired) electrons. The SMILES string of the molecule is CCc1c2c(nc3c1Cn1c-3cc3c(c1=O)COC(=O)C3(O)CC)CC=C(OC(=O)NCCNC(=O)C1Cc3cc(-n4c(-c5cc(C(C)C)c(O)cc5O)n[nH]c4=O)ccc3N1C)C2. The molecular weight excluding hydrogens is 825 g/mol. The second kappa shape index (κ2) is 15.9. The van der Waals surface area contributed by atoms with Gasteiger partial charge in [-0.15, -0.1) is 0 Å². The minimum atomic E-state index is -1.92. The van der Waals surface area contributed by atoms with Crippen LogP contribution in [0.15, 0.2) is 57.8 Å². The highest BCUT2D eigenvalue weighted by molar-refractivity contribution is 5.88. The van der Waals surface area contributed by atoms with Gasteiger partial charge in [-0.05, 0) is 77.4 Å². The molecular formula is C46H48N8O10. The number of allylic oxidation sites excluding steroid dienone is 2. The van der Waals surface area contributed by atoms with Crippen LogP contribution in [0.2, 0.25) is 0 Å². The second-order valence-electron chi connectivity index (χ2n) is 16.9. The number of likely N-dealkylation sites (N-methyl/N-ethyl adjacent to an activating group) is 1. The lowest BCUT2D eigenvalue weighted by atomic mass is 9.85. The molecule has 6 N–H and O–H groups in total. The predicted molar refractivity (Wildman–Crippen MR) is 232 cm³/mol. The first-order valence-corrected chi connectivity index (χ1v) is 21.4. The number of ether oxygens (including phenoxy) is 2. The number of phenols is 2. The molecule has 2 amide bonds. The average molecular weight is 873 g/mol. The van der Waals surface area contributed by atoms with Crippen molar-refractivity contribution < 1.29 is 39.2 Å². The van der Waals surface area contributed by atoms with Crippen LogP contribution in [-0.2, 0) is 63.5 Å². The third-order valence-electron chi connectivity index (χ3n) is 12.9. The number of esters is 1. The van der Waals surface area contributed by atoms with Gasteiger partial charge in [-0.1, -0.05) is 27.7 Å². The maximum Gasteiger partial charge on any atom is 0.412 e. The van der Waals surface area contributed by atoms with E-state index in [1.165, 1.54) is 10.6 Å². The second-order valence-corrected chi connectivity index (χ2v) is 16.9. The Balaban J connectivity index is 0.816. The van der Waals surface area contributed by atoms with Crippen molar-refractivity contribution in [1.82, 2.24) is 34.9 Å². The van der Waals surface area contributed by atoms with Crippen molar-refractivity contribution in [3.63, 3.8) is 0 Å². The first-order chi connectivity index (χ1) is 30.6. The van der Waals surface area contributed by atoms with E-state index in [9.17, 15) is 39.3 Å². The van der Waals surface area contributed by atoms with Crippen molar-refractivity contribution in [2.24, 2.45) is 0 Å². The van der Waals surface area contributed by atoms with Crippen LogP contribution in [-0.4, -0.2) is 83.8 Å². The molecule has 2 aromatic carbocycles. The van der Waals surface area contributed by atoms with E-state index in [1.54, 1.807) is 35.8 Å². The van der Waals surface area contributed by atoms with E-state index >= 15 is 0 Å². The number of nitrogens with one attached hydrogen (secondary N) is 3. The summed E-state index contributed by atoms with van der Waals surface area (Å²) in [7, 11) is 1.81. The van der Waals surface area contributed by atoms with Gasteiger partial charge in [-0.3, -0.25) is 14.6 Å². The van der Waals surface area contributed by atoms with Gasteiger partial charge in [0, 0.05) is 68.0 Å². The summed E-state index contributed by atoms with van der Waals surface area (Å²) in [5.74, 6) is -0.758. The zero-order valence-electron chi connectivity index (χ0n) is 36.0. The van der Waals surface area contributed by atoms with Crippen molar-refractivity contribution in [2.45, 2.75) is 90.5 Å². The third kappa shape index (κ3) is 6.79. The van der Waals surface area contributed by atoms with Crippen molar-refractivity contribution in [3.05, 3.63) is 114 Å². The van der Waals surface area contributed by atoms with E-state index in [-0.39, 0.29) is 84.1 Å². The fraction of sp³-hybridized carbons (Fsp3) is 0.370.